The van der Waals surface area contributed by atoms with Gasteiger partial charge in [0.05, 0.1) is 0 Å². The van der Waals surface area contributed by atoms with E-state index in [2.05, 4.69) is 34.3 Å². The van der Waals surface area contributed by atoms with Crippen molar-refractivity contribution in [1.82, 2.24) is 39.9 Å². The lowest BCUT2D eigenvalue weighted by molar-refractivity contribution is 0.515. The first kappa shape index (κ1) is 17.8. The van der Waals surface area contributed by atoms with Crippen LogP contribution in [0.15, 0.2) is 48.6 Å². The molecule has 3 aromatic rings. The molecule has 166 valence electrons. The molecule has 3 aromatic heterocycles. The molecule has 8 heteroatoms. The highest BCUT2D eigenvalue weighted by atomic mass is 15.1. The number of aromatic nitrogens is 8. The SMILES string of the molecule is C1=CC2CC1C1c3nc(nc4ccc(nc5nc(nc6ccc(n3)[nH]6)C3C6C=CC(C6)C53)[nH]4)C21. The van der Waals surface area contributed by atoms with Crippen LogP contribution < -0.4 is 0 Å². The van der Waals surface area contributed by atoms with Crippen molar-refractivity contribution in [1.29, 1.82) is 0 Å². The van der Waals surface area contributed by atoms with Crippen molar-refractivity contribution in [3.05, 3.63) is 71.9 Å². The fourth-order valence-corrected chi connectivity index (χ4v) is 7.48. The Bertz CT molecular complexity index is 1370. The zero-order valence-electron chi connectivity index (χ0n) is 18.3. The van der Waals surface area contributed by atoms with E-state index in [0.29, 0.717) is 47.3 Å². The number of H-pyrrole nitrogens is 2. The Kier molecular flexibility index (Phi) is 3.16. The molecule has 0 aromatic carbocycles. The number of allylic oxidation sites excluding steroid dienone is 4. The topological polar surface area (TPSA) is 109 Å². The zero-order chi connectivity index (χ0) is 22.0. The summed E-state index contributed by atoms with van der Waals surface area (Å²) in [6.45, 7) is 0. The van der Waals surface area contributed by atoms with Crippen molar-refractivity contribution in [2.45, 2.75) is 36.5 Å². The van der Waals surface area contributed by atoms with Gasteiger partial charge in [-0.25, -0.2) is 29.9 Å². The third-order valence-corrected chi connectivity index (χ3v) is 8.82. The molecule has 0 radical (unpaired) electrons. The number of nitrogens with zero attached hydrogens (tertiary/aromatic N) is 6. The van der Waals surface area contributed by atoms with Gasteiger partial charge in [-0.3, -0.25) is 0 Å². The van der Waals surface area contributed by atoms with Crippen LogP contribution in [0.1, 0.15) is 59.8 Å². The monoisotopic (exact) mass is 446 g/mol. The molecule has 34 heavy (non-hydrogen) atoms. The van der Waals surface area contributed by atoms with Crippen LogP contribution in [0.2, 0.25) is 0 Å². The number of aromatic amines is 2. The van der Waals surface area contributed by atoms with Gasteiger partial charge in [-0.2, -0.15) is 0 Å². The van der Waals surface area contributed by atoms with E-state index < -0.39 is 0 Å². The Morgan fingerprint density at radius 2 is 0.735 bits per heavy atom. The van der Waals surface area contributed by atoms with Crippen molar-refractivity contribution in [2.24, 2.45) is 23.7 Å². The molecule has 2 aliphatic heterocycles. The highest BCUT2D eigenvalue weighted by Gasteiger charge is 2.52. The normalized spacial score (nSPS) is 35.8. The molecule has 0 spiro atoms. The van der Waals surface area contributed by atoms with E-state index >= 15 is 0 Å². The summed E-state index contributed by atoms with van der Waals surface area (Å²) in [5.74, 6) is 6.66. The standard InChI is InChI=1S/C26H22N8/c1-2-12-9-11(1)19-20(12)24-30-16-7-8-18(28-16)32-26-22-14-4-3-13(10-14)21(22)25(34-26)31-17-6-5-15(27-17)29-23(19)33-24/h1-8,11-14,19-22H,9-10H2,(H2,27,28,29,30,31,32,33,34). The number of hydrogen-bond donors (Lipinski definition) is 2. The largest absolute Gasteiger partial charge is 0.325 e. The van der Waals surface area contributed by atoms with Crippen LogP contribution in [0.3, 0.4) is 0 Å². The van der Waals surface area contributed by atoms with Gasteiger partial charge >= 0.3 is 0 Å². The number of fused-ring (bicyclic) bond motifs is 22. The third-order valence-electron chi connectivity index (χ3n) is 8.82. The quantitative estimate of drug-likeness (QED) is 0.505. The molecule has 2 saturated carbocycles. The molecule has 8 unspecified atom stereocenters. The fraction of sp³-hybridized carbons (Fsp3) is 0.385. The molecule has 0 saturated heterocycles. The summed E-state index contributed by atoms with van der Waals surface area (Å²) in [6, 6.07) is 7.97. The van der Waals surface area contributed by atoms with E-state index in [0.717, 1.165) is 58.7 Å². The number of rotatable bonds is 0. The van der Waals surface area contributed by atoms with E-state index in [1.165, 1.54) is 0 Å². The molecule has 2 fully saturated rings. The predicted molar refractivity (Wildman–Crippen MR) is 125 cm³/mol. The Labute approximate surface area is 194 Å². The smallest absolute Gasteiger partial charge is 0.137 e. The molecule has 4 aliphatic carbocycles. The van der Waals surface area contributed by atoms with Crippen LogP contribution in [0.25, 0.3) is 22.6 Å². The summed E-state index contributed by atoms with van der Waals surface area (Å²) in [4.78, 5) is 36.5. The molecule has 5 heterocycles. The summed E-state index contributed by atoms with van der Waals surface area (Å²) in [5.41, 5.74) is 3.15. The molecular weight excluding hydrogens is 424 g/mol. The minimum atomic E-state index is 0.296. The maximum atomic E-state index is 4.96. The highest BCUT2D eigenvalue weighted by Crippen LogP contribution is 2.59. The minimum absolute atomic E-state index is 0.296. The van der Waals surface area contributed by atoms with E-state index in [4.69, 9.17) is 29.9 Å². The average molecular weight is 447 g/mol. The summed E-state index contributed by atoms with van der Waals surface area (Å²) >= 11 is 0. The Balaban J connectivity index is 1.32. The van der Waals surface area contributed by atoms with Crippen molar-refractivity contribution in [3.63, 3.8) is 0 Å². The third kappa shape index (κ3) is 2.28. The van der Waals surface area contributed by atoms with Gasteiger partial charge in [-0.05, 0) is 60.8 Å². The number of hydrogen-bond acceptors (Lipinski definition) is 6. The molecule has 2 N–H and O–H groups in total. The first-order valence-electron chi connectivity index (χ1n) is 12.3. The van der Waals surface area contributed by atoms with Gasteiger partial charge in [0.2, 0.25) is 0 Å². The van der Waals surface area contributed by atoms with Crippen molar-refractivity contribution >= 4 is 22.6 Å². The van der Waals surface area contributed by atoms with E-state index in [1.54, 1.807) is 0 Å². The van der Waals surface area contributed by atoms with Gasteiger partial charge in [-0.15, -0.1) is 0 Å². The first-order chi connectivity index (χ1) is 16.8. The molecule has 12 bridgehead atoms. The van der Waals surface area contributed by atoms with Crippen LogP contribution in [0.5, 0.6) is 0 Å². The maximum absolute atomic E-state index is 4.96. The average Bonchev–Trinajstić information content (AvgIpc) is 3.66. The second-order valence-electron chi connectivity index (χ2n) is 10.6. The van der Waals surface area contributed by atoms with Gasteiger partial charge in [0, 0.05) is 23.7 Å². The Morgan fingerprint density at radius 1 is 0.441 bits per heavy atom. The highest BCUT2D eigenvalue weighted by molar-refractivity contribution is 5.53. The Morgan fingerprint density at radius 3 is 1.03 bits per heavy atom. The summed E-state index contributed by atoms with van der Waals surface area (Å²) < 4.78 is 0. The lowest BCUT2D eigenvalue weighted by atomic mass is 9.84. The van der Waals surface area contributed by atoms with Crippen molar-refractivity contribution in [2.75, 3.05) is 0 Å². The second-order valence-corrected chi connectivity index (χ2v) is 10.6. The summed E-state index contributed by atoms with van der Waals surface area (Å²) in [5, 5.41) is 0. The second kappa shape index (κ2) is 6.05. The van der Waals surface area contributed by atoms with Crippen LogP contribution >= 0.6 is 0 Å². The lowest BCUT2D eigenvalue weighted by Gasteiger charge is -2.18. The minimum Gasteiger partial charge on any atom is -0.325 e. The zero-order valence-corrected chi connectivity index (χ0v) is 18.3. The van der Waals surface area contributed by atoms with Gasteiger partial charge in [0.15, 0.2) is 0 Å². The summed E-state index contributed by atoms with van der Waals surface area (Å²) in [7, 11) is 0. The van der Waals surface area contributed by atoms with E-state index in [1.807, 2.05) is 24.3 Å². The Hall–Kier alpha value is -3.68. The lowest BCUT2D eigenvalue weighted by Crippen LogP contribution is -2.12. The van der Waals surface area contributed by atoms with Crippen molar-refractivity contribution in [3.8, 4) is 0 Å². The molecule has 6 aliphatic rings. The first-order valence-corrected chi connectivity index (χ1v) is 12.3. The van der Waals surface area contributed by atoms with Gasteiger partial charge in [0.25, 0.3) is 0 Å². The van der Waals surface area contributed by atoms with Gasteiger partial charge in [-0.1, -0.05) is 24.3 Å². The fourth-order valence-electron chi connectivity index (χ4n) is 7.48. The molecule has 8 atom stereocenters. The molecular formula is C26H22N8. The van der Waals surface area contributed by atoms with Gasteiger partial charge < -0.3 is 9.97 Å². The summed E-state index contributed by atoms with van der Waals surface area (Å²) in [6.07, 6.45) is 11.7. The predicted octanol–water partition coefficient (Wildman–Crippen LogP) is 4.04. The van der Waals surface area contributed by atoms with Crippen LogP contribution in [-0.2, 0) is 0 Å². The van der Waals surface area contributed by atoms with Crippen LogP contribution in [0.4, 0.5) is 0 Å². The molecule has 0 amide bonds. The van der Waals surface area contributed by atoms with Crippen LogP contribution in [-0.4, -0.2) is 39.9 Å². The van der Waals surface area contributed by atoms with E-state index in [9.17, 15) is 0 Å². The van der Waals surface area contributed by atoms with Crippen LogP contribution in [0, 0.1) is 23.7 Å². The van der Waals surface area contributed by atoms with Gasteiger partial charge in [0.1, 0.15) is 45.9 Å². The van der Waals surface area contributed by atoms with Crippen molar-refractivity contribution < 1.29 is 0 Å². The molecule has 8 nitrogen and oxygen atoms in total. The van der Waals surface area contributed by atoms with E-state index in [-0.39, 0.29) is 0 Å². The maximum Gasteiger partial charge on any atom is 0.137 e. The number of nitrogens with one attached hydrogen (secondary N) is 2. The molecule has 9 rings (SSSR count).